The normalized spacial score (nSPS) is 15.9. The third kappa shape index (κ3) is 9.44. The molecule has 0 unspecified atom stereocenters. The Morgan fingerprint density at radius 2 is 1.48 bits per heavy atom. The van der Waals surface area contributed by atoms with Crippen molar-refractivity contribution >= 4 is 23.9 Å². The molecule has 0 bridgehead atoms. The number of rotatable bonds is 17. The third-order valence-electron chi connectivity index (χ3n) is 10.6. The Balaban J connectivity index is 1.09. The van der Waals surface area contributed by atoms with Crippen LogP contribution >= 0.6 is 0 Å². The maximum absolute atomic E-state index is 13.8. The summed E-state index contributed by atoms with van der Waals surface area (Å²) >= 11 is 0. The summed E-state index contributed by atoms with van der Waals surface area (Å²) in [7, 11) is 0. The number of hydrogen-bond donors (Lipinski definition) is 3. The number of ether oxygens (including phenoxy) is 2. The minimum Gasteiger partial charge on any atom is -0.454 e. The van der Waals surface area contributed by atoms with Crippen LogP contribution < -0.4 is 10.6 Å². The minimum atomic E-state index is -1.05. The van der Waals surface area contributed by atoms with Crippen molar-refractivity contribution in [3.8, 4) is 11.1 Å². The third-order valence-corrected chi connectivity index (χ3v) is 10.6. The number of allylic oxidation sites excluding steroid dienone is 2. The van der Waals surface area contributed by atoms with Gasteiger partial charge in [0.05, 0.1) is 25.1 Å². The standard InChI is InChI=1S/C46H49N3O7/c1-3-5-24-41(48-46(54)55-30-40-38-22-13-11-20-36(38)37-21-12-14-23-39(37)40)45(53)56-42(31-16-7-6-8-17-31)27-47-44(52)33(15-4-2)26-43(51)49-28-34-19-10-9-18-32(34)25-35(49)29-50/h3-4,6-14,16-23,33,35,40-42,50H,1-2,5,15,24-30H2,(H,47,52)(H,48,54)/t33-,35-,41-,42-/m0/s1. The second kappa shape index (κ2) is 19.0. The summed E-state index contributed by atoms with van der Waals surface area (Å²) < 4.78 is 11.7. The number of carbonyl (C=O) groups excluding carboxylic acids is 4. The van der Waals surface area contributed by atoms with Crippen molar-refractivity contribution in [2.75, 3.05) is 19.8 Å². The first-order chi connectivity index (χ1) is 27.3. The zero-order valence-corrected chi connectivity index (χ0v) is 31.5. The number of fused-ring (bicyclic) bond motifs is 4. The van der Waals surface area contributed by atoms with Gasteiger partial charge in [-0.1, -0.05) is 115 Å². The quantitative estimate of drug-likeness (QED) is 0.0799. The van der Waals surface area contributed by atoms with Crippen molar-refractivity contribution in [2.45, 2.75) is 62.8 Å². The Bertz CT molecular complexity index is 1990. The molecule has 10 heteroatoms. The molecule has 2 aliphatic rings. The smallest absolute Gasteiger partial charge is 0.407 e. The van der Waals surface area contributed by atoms with Crippen LogP contribution in [0.5, 0.6) is 0 Å². The number of aliphatic hydroxyl groups is 1. The first kappa shape index (κ1) is 39.7. The molecule has 4 atom stereocenters. The molecule has 3 N–H and O–H groups in total. The van der Waals surface area contributed by atoms with E-state index in [1.165, 1.54) is 0 Å². The monoisotopic (exact) mass is 755 g/mol. The minimum absolute atomic E-state index is 0.0775. The maximum atomic E-state index is 13.8. The molecule has 10 nitrogen and oxygen atoms in total. The number of alkyl carbamates (subject to hydrolysis) is 1. The highest BCUT2D eigenvalue weighted by Crippen LogP contribution is 2.44. The molecule has 1 aliphatic carbocycles. The van der Waals surface area contributed by atoms with E-state index in [2.05, 4.69) is 35.9 Å². The summed E-state index contributed by atoms with van der Waals surface area (Å²) in [6.45, 7) is 7.75. The molecule has 0 aromatic heterocycles. The number of nitrogens with zero attached hydrogens (tertiary/aromatic N) is 1. The average Bonchev–Trinajstić information content (AvgIpc) is 3.55. The Kier molecular flexibility index (Phi) is 13.5. The second-order valence-electron chi connectivity index (χ2n) is 14.2. The van der Waals surface area contributed by atoms with Crippen LogP contribution in [-0.4, -0.2) is 65.7 Å². The number of carbonyl (C=O) groups is 4. The fraction of sp³-hybridized carbons (Fsp3) is 0.304. The Morgan fingerprint density at radius 1 is 0.839 bits per heavy atom. The van der Waals surface area contributed by atoms with Crippen molar-refractivity contribution in [1.29, 1.82) is 0 Å². The molecule has 0 saturated heterocycles. The molecule has 4 aromatic rings. The van der Waals surface area contributed by atoms with Crippen molar-refractivity contribution < 1.29 is 33.8 Å². The Hall–Kier alpha value is -6.00. The van der Waals surface area contributed by atoms with Gasteiger partial charge in [0, 0.05) is 18.9 Å². The predicted octanol–water partition coefficient (Wildman–Crippen LogP) is 6.79. The van der Waals surface area contributed by atoms with Gasteiger partial charge >= 0.3 is 12.1 Å². The average molecular weight is 756 g/mol. The number of benzene rings is 4. The van der Waals surface area contributed by atoms with Gasteiger partial charge in [-0.25, -0.2) is 9.59 Å². The predicted molar refractivity (Wildman–Crippen MR) is 214 cm³/mol. The van der Waals surface area contributed by atoms with Gasteiger partial charge in [-0.3, -0.25) is 9.59 Å². The highest BCUT2D eigenvalue weighted by Gasteiger charge is 2.34. The van der Waals surface area contributed by atoms with Crippen LogP contribution in [0.4, 0.5) is 4.79 Å². The fourth-order valence-electron chi connectivity index (χ4n) is 7.63. The van der Waals surface area contributed by atoms with Crippen LogP contribution in [0.2, 0.25) is 0 Å². The molecule has 4 aromatic carbocycles. The van der Waals surface area contributed by atoms with Gasteiger partial charge in [0.1, 0.15) is 18.8 Å². The molecule has 1 heterocycles. The molecular formula is C46H49N3O7. The Morgan fingerprint density at radius 3 is 2.14 bits per heavy atom. The molecule has 3 amide bonds. The van der Waals surface area contributed by atoms with Crippen LogP contribution in [0.25, 0.3) is 11.1 Å². The van der Waals surface area contributed by atoms with E-state index in [-0.39, 0.29) is 56.9 Å². The van der Waals surface area contributed by atoms with E-state index in [9.17, 15) is 24.3 Å². The van der Waals surface area contributed by atoms with E-state index in [0.29, 0.717) is 24.9 Å². The lowest BCUT2D eigenvalue weighted by atomic mass is 9.92. The largest absolute Gasteiger partial charge is 0.454 e. The topological polar surface area (TPSA) is 134 Å². The summed E-state index contributed by atoms with van der Waals surface area (Å²) in [6.07, 6.45) is 2.94. The summed E-state index contributed by atoms with van der Waals surface area (Å²) in [4.78, 5) is 56.0. The van der Waals surface area contributed by atoms with Gasteiger partial charge in [0.15, 0.2) is 0 Å². The van der Waals surface area contributed by atoms with E-state index in [1.807, 2.05) is 66.7 Å². The number of esters is 1. The van der Waals surface area contributed by atoms with Gasteiger partial charge in [0.2, 0.25) is 11.8 Å². The molecule has 0 fully saturated rings. The molecule has 290 valence electrons. The van der Waals surface area contributed by atoms with Gasteiger partial charge in [-0.05, 0) is 64.6 Å². The highest BCUT2D eigenvalue weighted by molar-refractivity contribution is 5.86. The fourth-order valence-corrected chi connectivity index (χ4v) is 7.63. The van der Waals surface area contributed by atoms with E-state index in [1.54, 1.807) is 41.3 Å². The molecule has 0 radical (unpaired) electrons. The number of hydrogen-bond acceptors (Lipinski definition) is 7. The van der Waals surface area contributed by atoms with Gasteiger partial charge in [-0.15, -0.1) is 13.2 Å². The first-order valence-electron chi connectivity index (χ1n) is 19.1. The number of aliphatic hydroxyl groups excluding tert-OH is 1. The molecule has 6 rings (SSSR count). The number of nitrogens with one attached hydrogen (secondary N) is 2. The number of amides is 3. The molecule has 0 spiro atoms. The van der Waals surface area contributed by atoms with Crippen LogP contribution in [0.3, 0.4) is 0 Å². The summed E-state index contributed by atoms with van der Waals surface area (Å²) in [5.74, 6) is -2.21. The van der Waals surface area contributed by atoms with Crippen LogP contribution in [0, 0.1) is 5.92 Å². The van der Waals surface area contributed by atoms with Gasteiger partial charge in [0.25, 0.3) is 0 Å². The first-order valence-corrected chi connectivity index (χ1v) is 19.1. The van der Waals surface area contributed by atoms with E-state index in [4.69, 9.17) is 9.47 Å². The summed E-state index contributed by atoms with van der Waals surface area (Å²) in [6, 6.07) is 31.5. The molecule has 0 saturated carbocycles. The van der Waals surface area contributed by atoms with E-state index < -0.39 is 36.0 Å². The highest BCUT2D eigenvalue weighted by atomic mass is 16.6. The zero-order valence-electron chi connectivity index (χ0n) is 31.5. The van der Waals surface area contributed by atoms with Crippen LogP contribution in [-0.2, 0) is 36.8 Å². The Labute approximate surface area is 328 Å². The van der Waals surface area contributed by atoms with E-state index in [0.717, 1.165) is 33.4 Å². The molecule has 56 heavy (non-hydrogen) atoms. The van der Waals surface area contributed by atoms with Crippen molar-refractivity contribution in [2.24, 2.45) is 5.92 Å². The summed E-state index contributed by atoms with van der Waals surface area (Å²) in [5, 5.41) is 15.7. The van der Waals surface area contributed by atoms with Crippen molar-refractivity contribution in [3.63, 3.8) is 0 Å². The van der Waals surface area contributed by atoms with E-state index >= 15 is 0 Å². The van der Waals surface area contributed by atoms with Crippen LogP contribution in [0.15, 0.2) is 128 Å². The van der Waals surface area contributed by atoms with Crippen molar-refractivity contribution in [1.82, 2.24) is 15.5 Å². The SMILES string of the molecule is C=CCC[C@H](NC(=O)OCC1c2ccccc2-c2ccccc21)C(=O)O[C@@H](CNC(=O)[C@@H](CC=C)CC(=O)N1Cc2ccccc2C[C@H]1CO)c1ccccc1. The second-order valence-corrected chi connectivity index (χ2v) is 14.2. The van der Waals surface area contributed by atoms with Crippen LogP contribution in [0.1, 0.15) is 65.5 Å². The molecule has 1 aliphatic heterocycles. The summed E-state index contributed by atoms with van der Waals surface area (Å²) in [5.41, 5.74) is 7.11. The maximum Gasteiger partial charge on any atom is 0.407 e. The molecular weight excluding hydrogens is 707 g/mol. The van der Waals surface area contributed by atoms with Gasteiger partial charge < -0.3 is 30.1 Å². The lowest BCUT2D eigenvalue weighted by Crippen LogP contribution is -2.47. The zero-order chi connectivity index (χ0) is 39.4. The van der Waals surface area contributed by atoms with Gasteiger partial charge in [-0.2, -0.15) is 0 Å². The lowest BCUT2D eigenvalue weighted by molar-refractivity contribution is -0.152. The van der Waals surface area contributed by atoms with Crippen molar-refractivity contribution in [3.05, 3.63) is 156 Å². The lowest BCUT2D eigenvalue weighted by Gasteiger charge is -2.36.